The van der Waals surface area contributed by atoms with Crippen molar-refractivity contribution in [2.45, 2.75) is 64.7 Å². The van der Waals surface area contributed by atoms with Crippen LogP contribution in [0.3, 0.4) is 0 Å². The molecule has 136 valence electrons. The quantitative estimate of drug-likeness (QED) is 0.319. The molecule has 0 aliphatic heterocycles. The summed E-state index contributed by atoms with van der Waals surface area (Å²) in [6.45, 7) is 2.24. The fourth-order valence-electron chi connectivity index (χ4n) is 2.47. The van der Waals surface area contributed by atoms with E-state index >= 15 is 0 Å². The van der Waals surface area contributed by atoms with Crippen molar-refractivity contribution >= 4 is 6.29 Å². The van der Waals surface area contributed by atoms with Crippen LogP contribution in [0, 0.1) is 0 Å². The number of hydrogen-bond acceptors (Lipinski definition) is 2. The molecule has 0 unspecified atom stereocenters. The molecule has 0 saturated carbocycles. The summed E-state index contributed by atoms with van der Waals surface area (Å²) in [6, 6.07) is 19.5. The zero-order chi connectivity index (χ0) is 18.0. The third-order valence-corrected chi connectivity index (χ3v) is 3.90. The Bertz CT molecular complexity index is 485. The molecule has 0 aromatic heterocycles. The van der Waals surface area contributed by atoms with Crippen LogP contribution in [-0.4, -0.2) is 6.29 Å². The Morgan fingerprint density at radius 1 is 0.680 bits per heavy atom. The highest BCUT2D eigenvalue weighted by Gasteiger charge is 1.92. The molecular weight excluding hydrogens is 308 g/mol. The summed E-state index contributed by atoms with van der Waals surface area (Å²) in [6.07, 6.45) is 12.3. The molecule has 0 aliphatic carbocycles. The van der Waals surface area contributed by atoms with Crippen LogP contribution in [0.25, 0.3) is 0 Å². The number of carbonyl (C=O) groups is 1. The SMILES string of the molecule is CCCCCCCCCCC=O.c1ccc(Oc2ccccc2)cc1. The summed E-state index contributed by atoms with van der Waals surface area (Å²) in [7, 11) is 0. The summed E-state index contributed by atoms with van der Waals surface area (Å²) in [5.41, 5.74) is 0. The summed E-state index contributed by atoms with van der Waals surface area (Å²) in [5, 5.41) is 0. The molecule has 0 fully saturated rings. The van der Waals surface area contributed by atoms with Crippen molar-refractivity contribution in [3.63, 3.8) is 0 Å². The highest BCUT2D eigenvalue weighted by Crippen LogP contribution is 2.19. The lowest BCUT2D eigenvalue weighted by Crippen LogP contribution is -1.81. The highest BCUT2D eigenvalue weighted by atomic mass is 16.5. The minimum atomic E-state index is 0.759. The number of aldehydes is 1. The van der Waals surface area contributed by atoms with Gasteiger partial charge in [-0.3, -0.25) is 0 Å². The number of benzene rings is 2. The van der Waals surface area contributed by atoms with Gasteiger partial charge in [0.1, 0.15) is 17.8 Å². The van der Waals surface area contributed by atoms with E-state index in [1.165, 1.54) is 44.9 Å². The number of para-hydroxylation sites is 2. The summed E-state index contributed by atoms with van der Waals surface area (Å²) >= 11 is 0. The molecule has 2 nitrogen and oxygen atoms in total. The van der Waals surface area contributed by atoms with Gasteiger partial charge in [-0.25, -0.2) is 0 Å². The van der Waals surface area contributed by atoms with E-state index in [0.717, 1.165) is 30.6 Å². The van der Waals surface area contributed by atoms with Gasteiger partial charge in [-0.15, -0.1) is 0 Å². The molecule has 0 N–H and O–H groups in total. The van der Waals surface area contributed by atoms with Crippen molar-refractivity contribution in [3.05, 3.63) is 60.7 Å². The first kappa shape index (κ1) is 21.0. The lowest BCUT2D eigenvalue weighted by molar-refractivity contribution is -0.107. The average molecular weight is 341 g/mol. The van der Waals surface area contributed by atoms with Crippen LogP contribution < -0.4 is 4.74 Å². The number of hydrogen-bond donors (Lipinski definition) is 0. The highest BCUT2D eigenvalue weighted by molar-refractivity contribution is 5.48. The van der Waals surface area contributed by atoms with Gasteiger partial charge in [-0.2, -0.15) is 0 Å². The standard InChI is InChI=1S/C12H10O.C11H22O/c1-3-7-11(8-4-1)13-12-9-5-2-6-10-12;1-2-3-4-5-6-7-8-9-10-11-12/h1-10H;11H,2-10H2,1H3. The fraction of sp³-hybridized carbons (Fsp3) is 0.435. The van der Waals surface area contributed by atoms with Crippen molar-refractivity contribution in [2.75, 3.05) is 0 Å². The smallest absolute Gasteiger partial charge is 0.127 e. The second-order valence-electron chi connectivity index (χ2n) is 6.16. The van der Waals surface area contributed by atoms with Crippen molar-refractivity contribution in [3.8, 4) is 11.5 Å². The van der Waals surface area contributed by atoms with E-state index in [9.17, 15) is 4.79 Å². The first-order valence-electron chi connectivity index (χ1n) is 9.58. The molecule has 0 saturated heterocycles. The third-order valence-electron chi connectivity index (χ3n) is 3.90. The lowest BCUT2D eigenvalue weighted by atomic mass is 10.1. The molecule has 0 radical (unpaired) electrons. The van der Waals surface area contributed by atoms with E-state index in [1.54, 1.807) is 0 Å². The van der Waals surface area contributed by atoms with Gasteiger partial charge < -0.3 is 9.53 Å². The largest absolute Gasteiger partial charge is 0.457 e. The molecule has 2 aromatic carbocycles. The first-order valence-corrected chi connectivity index (χ1v) is 9.58. The zero-order valence-corrected chi connectivity index (χ0v) is 15.5. The van der Waals surface area contributed by atoms with Gasteiger partial charge in [0.05, 0.1) is 0 Å². The van der Waals surface area contributed by atoms with Gasteiger partial charge in [0.15, 0.2) is 0 Å². The molecule has 2 heteroatoms. The molecule has 0 spiro atoms. The van der Waals surface area contributed by atoms with E-state index in [0.29, 0.717) is 0 Å². The van der Waals surface area contributed by atoms with Crippen LogP contribution in [0.15, 0.2) is 60.7 Å². The molecule has 0 heterocycles. The minimum Gasteiger partial charge on any atom is -0.457 e. The molecule has 2 aromatic rings. The topological polar surface area (TPSA) is 26.3 Å². The van der Waals surface area contributed by atoms with E-state index in [4.69, 9.17) is 4.74 Å². The van der Waals surface area contributed by atoms with E-state index in [1.807, 2.05) is 60.7 Å². The number of rotatable bonds is 11. The molecule has 0 amide bonds. The molecular formula is C23H32O2. The zero-order valence-electron chi connectivity index (χ0n) is 15.5. The molecule has 2 rings (SSSR count). The number of ether oxygens (including phenoxy) is 1. The normalized spacial score (nSPS) is 9.80. The fourth-order valence-corrected chi connectivity index (χ4v) is 2.47. The van der Waals surface area contributed by atoms with E-state index < -0.39 is 0 Å². The maximum absolute atomic E-state index is 9.98. The molecule has 0 aliphatic rings. The molecule has 0 bridgehead atoms. The maximum atomic E-state index is 9.98. The Labute approximate surface area is 153 Å². The second-order valence-corrected chi connectivity index (χ2v) is 6.16. The van der Waals surface area contributed by atoms with Gasteiger partial charge >= 0.3 is 0 Å². The Kier molecular flexibility index (Phi) is 12.9. The second kappa shape index (κ2) is 15.4. The maximum Gasteiger partial charge on any atom is 0.127 e. The van der Waals surface area contributed by atoms with Crippen LogP contribution >= 0.6 is 0 Å². The van der Waals surface area contributed by atoms with Gasteiger partial charge in [0.25, 0.3) is 0 Å². The van der Waals surface area contributed by atoms with Gasteiger partial charge in [-0.05, 0) is 30.7 Å². The Hall–Kier alpha value is -2.09. The third kappa shape index (κ3) is 12.0. The average Bonchev–Trinajstić information content (AvgIpc) is 2.66. The Balaban J connectivity index is 0.000000252. The predicted octanol–water partition coefficient (Wildman–Crippen LogP) is 7.20. The monoisotopic (exact) mass is 340 g/mol. The van der Waals surface area contributed by atoms with Crippen LogP contribution in [0.2, 0.25) is 0 Å². The number of unbranched alkanes of at least 4 members (excludes halogenated alkanes) is 8. The van der Waals surface area contributed by atoms with Crippen LogP contribution in [0.1, 0.15) is 64.7 Å². The lowest BCUT2D eigenvalue weighted by Gasteiger charge is -2.03. The van der Waals surface area contributed by atoms with Gasteiger partial charge in [0, 0.05) is 6.42 Å². The number of carbonyl (C=O) groups excluding carboxylic acids is 1. The summed E-state index contributed by atoms with van der Waals surface area (Å²) in [4.78, 5) is 9.98. The van der Waals surface area contributed by atoms with Gasteiger partial charge in [0.2, 0.25) is 0 Å². The minimum absolute atomic E-state index is 0.759. The van der Waals surface area contributed by atoms with Crippen molar-refractivity contribution in [1.82, 2.24) is 0 Å². The van der Waals surface area contributed by atoms with Crippen molar-refractivity contribution in [2.24, 2.45) is 0 Å². The Morgan fingerprint density at radius 3 is 1.56 bits per heavy atom. The molecule has 25 heavy (non-hydrogen) atoms. The summed E-state index contributed by atoms with van der Waals surface area (Å²) in [5.74, 6) is 1.74. The Morgan fingerprint density at radius 2 is 1.12 bits per heavy atom. The summed E-state index contributed by atoms with van der Waals surface area (Å²) < 4.78 is 5.58. The predicted molar refractivity (Wildman–Crippen MR) is 106 cm³/mol. The van der Waals surface area contributed by atoms with E-state index in [-0.39, 0.29) is 0 Å². The van der Waals surface area contributed by atoms with Crippen LogP contribution in [0.4, 0.5) is 0 Å². The van der Waals surface area contributed by atoms with Crippen molar-refractivity contribution in [1.29, 1.82) is 0 Å². The van der Waals surface area contributed by atoms with E-state index in [2.05, 4.69) is 6.92 Å². The van der Waals surface area contributed by atoms with Crippen molar-refractivity contribution < 1.29 is 9.53 Å². The first-order chi connectivity index (χ1) is 12.4. The van der Waals surface area contributed by atoms with Gasteiger partial charge in [-0.1, -0.05) is 88.3 Å². The van der Waals surface area contributed by atoms with Crippen LogP contribution in [-0.2, 0) is 4.79 Å². The van der Waals surface area contributed by atoms with Crippen LogP contribution in [0.5, 0.6) is 11.5 Å². The molecule has 0 atom stereocenters.